The van der Waals surface area contributed by atoms with Crippen LogP contribution < -0.4 is 5.32 Å². The van der Waals surface area contributed by atoms with Gasteiger partial charge >= 0.3 is 0 Å². The number of thiazole rings is 1. The number of amides is 1. The fraction of sp³-hybridized carbons (Fsp3) is 0.176. The molecule has 136 valence electrons. The van der Waals surface area contributed by atoms with Crippen LogP contribution in [-0.4, -0.2) is 30.6 Å². The van der Waals surface area contributed by atoms with E-state index >= 15 is 0 Å². The van der Waals surface area contributed by atoms with E-state index in [0.717, 1.165) is 12.8 Å². The van der Waals surface area contributed by atoms with Crippen LogP contribution in [0.15, 0.2) is 30.7 Å². The first-order chi connectivity index (χ1) is 13.1. The zero-order valence-electron chi connectivity index (χ0n) is 13.7. The molecule has 1 amide bonds. The number of hydrogen-bond acceptors (Lipinski definition) is 5. The van der Waals surface area contributed by atoms with Crippen molar-refractivity contribution in [2.75, 3.05) is 5.32 Å². The van der Waals surface area contributed by atoms with Crippen molar-refractivity contribution in [2.24, 2.45) is 5.92 Å². The number of benzene rings is 1. The van der Waals surface area contributed by atoms with Crippen LogP contribution in [0, 0.1) is 17.6 Å². The molecule has 7 nitrogen and oxygen atoms in total. The van der Waals surface area contributed by atoms with E-state index in [1.807, 2.05) is 0 Å². The summed E-state index contributed by atoms with van der Waals surface area (Å²) in [5, 5.41) is 10.2. The van der Waals surface area contributed by atoms with Gasteiger partial charge in [0, 0.05) is 5.92 Å². The van der Waals surface area contributed by atoms with Crippen LogP contribution in [0.3, 0.4) is 0 Å². The molecular weight excluding hydrogens is 374 g/mol. The first kappa shape index (κ1) is 16.1. The molecular formula is C17H12F2N6OS. The number of anilines is 1. The maximum atomic E-state index is 14.2. The molecule has 10 heteroatoms. The summed E-state index contributed by atoms with van der Waals surface area (Å²) in [6, 6.07) is 3.68. The minimum atomic E-state index is -0.690. The Kier molecular flexibility index (Phi) is 3.54. The van der Waals surface area contributed by atoms with Crippen LogP contribution in [-0.2, 0) is 4.79 Å². The largest absolute Gasteiger partial charge is 0.302 e. The van der Waals surface area contributed by atoms with Gasteiger partial charge in [-0.25, -0.2) is 18.7 Å². The summed E-state index contributed by atoms with van der Waals surface area (Å²) in [6.45, 7) is 0. The molecule has 1 aliphatic rings. The molecule has 4 aromatic rings. The molecule has 1 aromatic carbocycles. The van der Waals surface area contributed by atoms with E-state index in [4.69, 9.17) is 0 Å². The summed E-state index contributed by atoms with van der Waals surface area (Å²) in [5.41, 5.74) is 0.531. The van der Waals surface area contributed by atoms with Gasteiger partial charge in [-0.05, 0) is 25.0 Å². The topological polar surface area (TPSA) is 88.5 Å². The average Bonchev–Trinajstić information content (AvgIpc) is 3.08. The number of nitrogens with one attached hydrogen (secondary N) is 2. The Labute approximate surface area is 155 Å². The second-order valence-electron chi connectivity index (χ2n) is 6.25. The van der Waals surface area contributed by atoms with Crippen molar-refractivity contribution in [3.05, 3.63) is 42.4 Å². The number of fused-ring (bicyclic) bond motifs is 1. The number of carbonyl (C=O) groups excluding carboxylic acids is 1. The molecule has 2 N–H and O–H groups in total. The molecule has 0 aliphatic heterocycles. The Balaban J connectivity index is 1.58. The molecule has 0 atom stereocenters. The number of nitrogens with zero attached hydrogens (tertiary/aromatic N) is 4. The lowest BCUT2D eigenvalue weighted by Crippen LogP contribution is -2.12. The van der Waals surface area contributed by atoms with E-state index in [0.29, 0.717) is 21.3 Å². The highest BCUT2D eigenvalue weighted by Crippen LogP contribution is 2.35. The Bertz CT molecular complexity index is 1160. The Hall–Kier alpha value is -3.14. The van der Waals surface area contributed by atoms with Crippen LogP contribution in [0.2, 0.25) is 0 Å². The highest BCUT2D eigenvalue weighted by Gasteiger charge is 2.30. The van der Waals surface area contributed by atoms with Crippen LogP contribution in [0.5, 0.6) is 0 Å². The first-order valence-electron chi connectivity index (χ1n) is 8.24. The summed E-state index contributed by atoms with van der Waals surface area (Å²) < 4.78 is 30.6. The van der Waals surface area contributed by atoms with Gasteiger partial charge in [0.05, 0.1) is 17.5 Å². The van der Waals surface area contributed by atoms with E-state index in [-0.39, 0.29) is 23.1 Å². The molecule has 0 bridgehead atoms. The molecule has 0 spiro atoms. The molecule has 27 heavy (non-hydrogen) atoms. The van der Waals surface area contributed by atoms with Gasteiger partial charge in [0.1, 0.15) is 22.7 Å². The molecule has 0 unspecified atom stereocenters. The molecule has 0 saturated heterocycles. The van der Waals surface area contributed by atoms with Crippen molar-refractivity contribution < 1.29 is 13.6 Å². The van der Waals surface area contributed by atoms with E-state index < -0.39 is 11.6 Å². The lowest BCUT2D eigenvalue weighted by atomic mass is 10.1. The Morgan fingerprint density at radius 3 is 2.81 bits per heavy atom. The first-order valence-corrected chi connectivity index (χ1v) is 9.06. The number of H-pyrrole nitrogens is 1. The molecule has 3 aromatic heterocycles. The highest BCUT2D eigenvalue weighted by atomic mass is 32.1. The Morgan fingerprint density at radius 2 is 2.07 bits per heavy atom. The van der Waals surface area contributed by atoms with Gasteiger partial charge in [-0.2, -0.15) is 5.10 Å². The number of carbonyl (C=O) groups is 1. The minimum Gasteiger partial charge on any atom is -0.302 e. The summed E-state index contributed by atoms with van der Waals surface area (Å²) in [6.07, 6.45) is 4.60. The second-order valence-corrected chi connectivity index (χ2v) is 7.25. The van der Waals surface area contributed by atoms with Crippen molar-refractivity contribution >= 4 is 32.7 Å². The van der Waals surface area contributed by atoms with Gasteiger partial charge in [-0.15, -0.1) is 0 Å². The minimum absolute atomic E-state index is 0.0438. The summed E-state index contributed by atoms with van der Waals surface area (Å²) in [7, 11) is 0. The lowest BCUT2D eigenvalue weighted by molar-refractivity contribution is -0.117. The number of halogens is 2. The standard InChI is InChI=1S/C17H12F2N6OS/c18-9-2-1-3-10(19)12(9)11-6-20-7-25(11)15-13-14(23-24-15)21-17(27-13)22-16(26)8-4-5-8/h1-3,6-8H,4-5H2,(H2,21,22,23,24,26). The highest BCUT2D eigenvalue weighted by molar-refractivity contribution is 7.22. The summed E-state index contributed by atoms with van der Waals surface area (Å²) in [4.78, 5) is 20.3. The zero-order chi connectivity index (χ0) is 18.5. The van der Waals surface area contributed by atoms with Gasteiger partial charge in [0.15, 0.2) is 16.6 Å². The van der Waals surface area contributed by atoms with Crippen LogP contribution in [0.25, 0.3) is 27.4 Å². The average molecular weight is 386 g/mol. The Morgan fingerprint density at radius 1 is 1.30 bits per heavy atom. The molecule has 1 saturated carbocycles. The maximum Gasteiger partial charge on any atom is 0.229 e. The summed E-state index contributed by atoms with van der Waals surface area (Å²) >= 11 is 1.24. The number of hydrogen-bond donors (Lipinski definition) is 2. The predicted octanol–water partition coefficient (Wildman–Crippen LogP) is 3.50. The summed E-state index contributed by atoms with van der Waals surface area (Å²) in [5.74, 6) is -0.952. The third kappa shape index (κ3) is 2.69. The number of aromatic nitrogens is 5. The molecule has 3 heterocycles. The zero-order valence-corrected chi connectivity index (χ0v) is 14.6. The normalized spacial score (nSPS) is 14.0. The van der Waals surface area contributed by atoms with Gasteiger partial charge in [0.25, 0.3) is 0 Å². The van der Waals surface area contributed by atoms with Crippen molar-refractivity contribution in [3.8, 4) is 17.1 Å². The quantitative estimate of drug-likeness (QED) is 0.562. The predicted molar refractivity (Wildman–Crippen MR) is 95.6 cm³/mol. The van der Waals surface area contributed by atoms with Gasteiger partial charge in [-0.1, -0.05) is 17.4 Å². The molecule has 5 rings (SSSR count). The maximum absolute atomic E-state index is 14.2. The third-order valence-corrected chi connectivity index (χ3v) is 5.33. The third-order valence-electron chi connectivity index (χ3n) is 4.36. The van der Waals surface area contributed by atoms with Crippen LogP contribution in [0.1, 0.15) is 12.8 Å². The number of aromatic amines is 1. The monoisotopic (exact) mass is 386 g/mol. The van der Waals surface area contributed by atoms with Crippen molar-refractivity contribution in [1.29, 1.82) is 0 Å². The molecule has 0 radical (unpaired) electrons. The smallest absolute Gasteiger partial charge is 0.229 e. The van der Waals surface area contributed by atoms with Gasteiger partial charge in [-0.3, -0.25) is 14.5 Å². The SMILES string of the molecule is O=C(Nc1nc2[nH]nc(-n3cncc3-c3c(F)cccc3F)c2s1)C1CC1. The fourth-order valence-electron chi connectivity index (χ4n) is 2.87. The van der Waals surface area contributed by atoms with E-state index in [1.165, 1.54) is 46.6 Å². The molecule has 1 fully saturated rings. The van der Waals surface area contributed by atoms with Crippen molar-refractivity contribution in [1.82, 2.24) is 24.7 Å². The number of rotatable bonds is 4. The van der Waals surface area contributed by atoms with Crippen molar-refractivity contribution in [2.45, 2.75) is 12.8 Å². The van der Waals surface area contributed by atoms with Gasteiger partial charge < -0.3 is 5.32 Å². The van der Waals surface area contributed by atoms with Crippen LogP contribution >= 0.6 is 11.3 Å². The van der Waals surface area contributed by atoms with Gasteiger partial charge in [0.2, 0.25) is 5.91 Å². The van der Waals surface area contributed by atoms with E-state index in [1.54, 1.807) is 0 Å². The number of imidazole rings is 1. The van der Waals surface area contributed by atoms with Crippen LogP contribution in [0.4, 0.5) is 13.9 Å². The lowest BCUT2D eigenvalue weighted by Gasteiger charge is -2.07. The van der Waals surface area contributed by atoms with E-state index in [2.05, 4.69) is 25.5 Å². The van der Waals surface area contributed by atoms with Crippen molar-refractivity contribution in [3.63, 3.8) is 0 Å². The fourth-order valence-corrected chi connectivity index (χ4v) is 3.77. The van der Waals surface area contributed by atoms with E-state index in [9.17, 15) is 13.6 Å². The second kappa shape index (κ2) is 5.95. The molecule has 1 aliphatic carbocycles.